The van der Waals surface area contributed by atoms with Gasteiger partial charge >= 0.3 is 5.70 Å². The molecule has 7 nitrogen and oxygen atoms in total. The van der Waals surface area contributed by atoms with Gasteiger partial charge in [-0.1, -0.05) is 12.1 Å². The Morgan fingerprint density at radius 3 is 2.78 bits per heavy atom. The van der Waals surface area contributed by atoms with Gasteiger partial charge in [0, 0.05) is 5.56 Å². The van der Waals surface area contributed by atoms with Crippen molar-refractivity contribution < 1.29 is 14.8 Å². The highest BCUT2D eigenvalue weighted by Gasteiger charge is 2.39. The van der Waals surface area contributed by atoms with Crippen LogP contribution >= 0.6 is 0 Å². The van der Waals surface area contributed by atoms with E-state index in [1.54, 1.807) is 24.3 Å². The van der Waals surface area contributed by atoms with Crippen molar-refractivity contribution in [3.8, 4) is 17.6 Å². The van der Waals surface area contributed by atoms with Crippen LogP contribution < -0.4 is 10.5 Å². The van der Waals surface area contributed by atoms with E-state index in [9.17, 15) is 15.2 Å². The standard InChI is InChI=1S/C16H11N3O4/c17-8-9-2-1-3-10(6-9)14-12-7-11(20)4-5-13(12)23-16(18)15(14)19(21)22/h1-7,14,20H,18H2/t14-/m1/s1. The van der Waals surface area contributed by atoms with Gasteiger partial charge in [-0.2, -0.15) is 5.26 Å². The summed E-state index contributed by atoms with van der Waals surface area (Å²) in [5.41, 5.74) is 6.71. The maximum absolute atomic E-state index is 11.5. The lowest BCUT2D eigenvalue weighted by atomic mass is 9.86. The number of ether oxygens (including phenoxy) is 1. The third kappa shape index (κ3) is 2.42. The number of phenolic OH excluding ortho intramolecular Hbond substituents is 1. The molecule has 0 unspecified atom stereocenters. The zero-order valence-corrected chi connectivity index (χ0v) is 11.8. The summed E-state index contributed by atoms with van der Waals surface area (Å²) in [6.45, 7) is 0. The van der Waals surface area contributed by atoms with E-state index in [0.717, 1.165) is 0 Å². The van der Waals surface area contributed by atoms with Crippen LogP contribution in [0.5, 0.6) is 11.5 Å². The van der Waals surface area contributed by atoms with E-state index in [1.807, 2.05) is 6.07 Å². The molecule has 0 amide bonds. The number of allylic oxidation sites excluding steroid dienone is 1. The van der Waals surface area contributed by atoms with Crippen molar-refractivity contribution >= 4 is 0 Å². The quantitative estimate of drug-likeness (QED) is 0.647. The summed E-state index contributed by atoms with van der Waals surface area (Å²) < 4.78 is 5.31. The van der Waals surface area contributed by atoms with Crippen LogP contribution in [0, 0.1) is 21.4 Å². The summed E-state index contributed by atoms with van der Waals surface area (Å²) in [6, 6.07) is 12.8. The van der Waals surface area contributed by atoms with Gasteiger partial charge in [0.1, 0.15) is 17.4 Å². The molecular formula is C16H11N3O4. The van der Waals surface area contributed by atoms with Crippen molar-refractivity contribution in [1.29, 1.82) is 5.26 Å². The van der Waals surface area contributed by atoms with Crippen molar-refractivity contribution in [1.82, 2.24) is 0 Å². The predicted molar refractivity (Wildman–Crippen MR) is 79.9 cm³/mol. The lowest BCUT2D eigenvalue weighted by molar-refractivity contribution is -0.432. The van der Waals surface area contributed by atoms with Gasteiger partial charge in [0.05, 0.1) is 16.6 Å². The third-order valence-electron chi connectivity index (χ3n) is 3.60. The minimum atomic E-state index is -0.839. The fourth-order valence-corrected chi connectivity index (χ4v) is 2.64. The van der Waals surface area contributed by atoms with E-state index in [0.29, 0.717) is 22.4 Å². The molecule has 0 saturated heterocycles. The molecule has 2 aromatic rings. The molecule has 7 heteroatoms. The van der Waals surface area contributed by atoms with Gasteiger partial charge < -0.3 is 15.6 Å². The highest BCUT2D eigenvalue weighted by atomic mass is 16.6. The molecule has 1 aliphatic heterocycles. The molecule has 3 N–H and O–H groups in total. The number of nitriles is 1. The van der Waals surface area contributed by atoms with E-state index in [2.05, 4.69) is 0 Å². The third-order valence-corrected chi connectivity index (χ3v) is 3.60. The van der Waals surface area contributed by atoms with Crippen molar-refractivity contribution in [2.45, 2.75) is 5.92 Å². The molecule has 23 heavy (non-hydrogen) atoms. The highest BCUT2D eigenvalue weighted by Crippen LogP contribution is 2.43. The largest absolute Gasteiger partial charge is 0.508 e. The molecule has 0 aliphatic carbocycles. The topological polar surface area (TPSA) is 122 Å². The number of nitrogens with zero attached hydrogens (tertiary/aromatic N) is 2. The first kappa shape index (κ1) is 14.4. The molecule has 3 rings (SSSR count). The molecule has 114 valence electrons. The van der Waals surface area contributed by atoms with Gasteiger partial charge in [-0.15, -0.1) is 0 Å². The van der Waals surface area contributed by atoms with Crippen LogP contribution in [0.25, 0.3) is 0 Å². The monoisotopic (exact) mass is 309 g/mol. The van der Waals surface area contributed by atoms with E-state index < -0.39 is 10.8 Å². The summed E-state index contributed by atoms with van der Waals surface area (Å²) in [5, 5.41) is 30.2. The van der Waals surface area contributed by atoms with Crippen LogP contribution in [-0.2, 0) is 0 Å². The molecule has 2 aromatic carbocycles. The van der Waals surface area contributed by atoms with Crippen LogP contribution in [0.1, 0.15) is 22.6 Å². The maximum atomic E-state index is 11.5. The molecular weight excluding hydrogens is 298 g/mol. The number of phenols is 1. The smallest absolute Gasteiger partial charge is 0.317 e. The second kappa shape index (κ2) is 5.35. The SMILES string of the molecule is N#Cc1cccc([C@H]2C([N+](=O)[O-])=C(N)Oc3ccc(O)cc32)c1. The van der Waals surface area contributed by atoms with Crippen LogP contribution in [0.4, 0.5) is 0 Å². The van der Waals surface area contributed by atoms with Crippen molar-refractivity contribution in [3.05, 3.63) is 80.8 Å². The first-order chi connectivity index (χ1) is 11.0. The lowest BCUT2D eigenvalue weighted by Crippen LogP contribution is -2.25. The average molecular weight is 309 g/mol. The summed E-state index contributed by atoms with van der Waals surface area (Å²) in [7, 11) is 0. The van der Waals surface area contributed by atoms with Gasteiger partial charge in [0.25, 0.3) is 5.88 Å². The molecule has 1 heterocycles. The number of fused-ring (bicyclic) bond motifs is 1. The maximum Gasteiger partial charge on any atom is 0.317 e. The van der Waals surface area contributed by atoms with Gasteiger partial charge in [0.2, 0.25) is 0 Å². The average Bonchev–Trinajstić information content (AvgIpc) is 2.53. The number of aromatic hydroxyl groups is 1. The Bertz CT molecular complexity index is 883. The van der Waals surface area contributed by atoms with Gasteiger partial charge in [-0.05, 0) is 35.9 Å². The Balaban J connectivity index is 2.27. The second-order valence-electron chi connectivity index (χ2n) is 5.00. The van der Waals surface area contributed by atoms with Crippen molar-refractivity contribution in [3.63, 3.8) is 0 Å². The zero-order chi connectivity index (χ0) is 16.6. The summed E-state index contributed by atoms with van der Waals surface area (Å²) in [4.78, 5) is 10.9. The Labute approximate surface area is 131 Å². The fraction of sp³-hybridized carbons (Fsp3) is 0.0625. The highest BCUT2D eigenvalue weighted by molar-refractivity contribution is 5.53. The van der Waals surface area contributed by atoms with Gasteiger partial charge in [0.15, 0.2) is 0 Å². The number of benzene rings is 2. The molecule has 1 atom stereocenters. The second-order valence-corrected chi connectivity index (χ2v) is 5.00. The number of hydrogen-bond donors (Lipinski definition) is 2. The summed E-state index contributed by atoms with van der Waals surface area (Å²) >= 11 is 0. The van der Waals surface area contributed by atoms with Crippen molar-refractivity contribution in [2.24, 2.45) is 5.73 Å². The Hall–Kier alpha value is -3.53. The Morgan fingerprint density at radius 1 is 1.30 bits per heavy atom. The minimum absolute atomic E-state index is 0.0445. The number of nitrogens with two attached hydrogens (primary N) is 1. The lowest BCUT2D eigenvalue weighted by Gasteiger charge is -2.24. The van der Waals surface area contributed by atoms with Crippen LogP contribution in [0.15, 0.2) is 54.0 Å². The molecule has 0 spiro atoms. The first-order valence-corrected chi connectivity index (χ1v) is 6.66. The van der Waals surface area contributed by atoms with Gasteiger partial charge in [-0.25, -0.2) is 0 Å². The Kier molecular flexibility index (Phi) is 3.35. The molecule has 1 aliphatic rings. The van der Waals surface area contributed by atoms with Crippen LogP contribution in [0.2, 0.25) is 0 Å². The molecule has 0 saturated carbocycles. The number of nitro groups is 1. The predicted octanol–water partition coefficient (Wildman–Crippen LogP) is 2.19. The number of hydrogen-bond acceptors (Lipinski definition) is 6. The van der Waals surface area contributed by atoms with Crippen LogP contribution in [0.3, 0.4) is 0 Å². The van der Waals surface area contributed by atoms with E-state index in [1.165, 1.54) is 18.2 Å². The summed E-state index contributed by atoms with van der Waals surface area (Å²) in [6.07, 6.45) is 0. The van der Waals surface area contributed by atoms with E-state index in [4.69, 9.17) is 15.7 Å². The minimum Gasteiger partial charge on any atom is -0.508 e. The summed E-state index contributed by atoms with van der Waals surface area (Å²) in [5.74, 6) is -0.857. The van der Waals surface area contributed by atoms with Gasteiger partial charge in [-0.3, -0.25) is 10.1 Å². The van der Waals surface area contributed by atoms with Crippen LogP contribution in [-0.4, -0.2) is 10.0 Å². The zero-order valence-electron chi connectivity index (χ0n) is 11.8. The molecule has 0 aromatic heterocycles. The normalized spacial score (nSPS) is 16.2. The fourth-order valence-electron chi connectivity index (χ4n) is 2.64. The number of rotatable bonds is 2. The van der Waals surface area contributed by atoms with Crippen molar-refractivity contribution in [2.75, 3.05) is 0 Å². The molecule has 0 fully saturated rings. The molecule has 0 radical (unpaired) electrons. The van der Waals surface area contributed by atoms with E-state index >= 15 is 0 Å². The first-order valence-electron chi connectivity index (χ1n) is 6.66. The van der Waals surface area contributed by atoms with E-state index in [-0.39, 0.29) is 17.3 Å². The molecule has 0 bridgehead atoms. The Morgan fingerprint density at radius 2 is 2.09 bits per heavy atom.